The second-order valence-corrected chi connectivity index (χ2v) is 10.9. The van der Waals surface area contributed by atoms with Gasteiger partial charge in [-0.05, 0) is 18.3 Å². The molecule has 0 aromatic rings. The second kappa shape index (κ2) is 15.3. The third kappa shape index (κ3) is 8.17. The van der Waals surface area contributed by atoms with Crippen LogP contribution in [0.4, 0.5) is 0 Å². The Morgan fingerprint density at radius 3 is 1.95 bits per heavy atom. The third-order valence-corrected chi connectivity index (χ3v) is 8.46. The number of halogens is 1. The lowest BCUT2D eigenvalue weighted by molar-refractivity contribution is -0.377. The van der Waals surface area contributed by atoms with E-state index in [9.17, 15) is 40.2 Å². The van der Waals surface area contributed by atoms with Crippen LogP contribution in [0.5, 0.6) is 0 Å². The van der Waals surface area contributed by atoms with E-state index in [-0.39, 0.29) is 12.3 Å². The first kappa shape index (κ1) is 33.5. The summed E-state index contributed by atoms with van der Waals surface area (Å²) in [4.78, 5) is 25.3. The van der Waals surface area contributed by atoms with E-state index in [0.717, 1.165) is 4.43 Å². The van der Waals surface area contributed by atoms with E-state index in [2.05, 4.69) is 29.5 Å². The molecule has 2 fully saturated rings. The van der Waals surface area contributed by atoms with Gasteiger partial charge in [-0.15, -0.1) is 0 Å². The highest BCUT2D eigenvalue weighted by atomic mass is 127. The molecular weight excluding hydrogens is 623 g/mol. The van der Waals surface area contributed by atoms with Crippen molar-refractivity contribution in [2.24, 2.45) is 17.8 Å². The zero-order chi connectivity index (χ0) is 28.7. The van der Waals surface area contributed by atoms with Gasteiger partial charge in [0.05, 0.1) is 19.1 Å². The molecule has 2 saturated heterocycles. The molecule has 2 aliphatic rings. The number of hydrogen-bond donors (Lipinski definition) is 6. The predicted molar refractivity (Wildman–Crippen MR) is 138 cm³/mol. The van der Waals surface area contributed by atoms with E-state index in [4.69, 9.17) is 23.7 Å². The Morgan fingerprint density at radius 2 is 1.39 bits per heavy atom. The summed E-state index contributed by atoms with van der Waals surface area (Å²) in [6.45, 7) is 5.86. The molecule has 6 N–H and O–H groups in total. The predicted octanol–water partition coefficient (Wildman–Crippen LogP) is -1.15. The van der Waals surface area contributed by atoms with E-state index in [1.807, 2.05) is 6.92 Å². The molecule has 0 radical (unpaired) electrons. The minimum atomic E-state index is -1.80. The minimum Gasteiger partial charge on any atom is -0.455 e. The Kier molecular flexibility index (Phi) is 13.5. The SMILES string of the molecule is CCC(=O)OC1C(OC2OC(CO)C(O)C(O)C2O)OC(CO)C(O)C1OC(=O)C(C)CC(C)C(C)CI. The first-order valence-corrected chi connectivity index (χ1v) is 14.3. The lowest BCUT2D eigenvalue weighted by Gasteiger charge is -2.46. The number of aliphatic hydroxyl groups is 6. The van der Waals surface area contributed by atoms with Gasteiger partial charge in [0, 0.05) is 10.8 Å². The highest BCUT2D eigenvalue weighted by Crippen LogP contribution is 2.32. The van der Waals surface area contributed by atoms with Crippen LogP contribution in [0.25, 0.3) is 0 Å². The number of alkyl halides is 1. The summed E-state index contributed by atoms with van der Waals surface area (Å²) in [5, 5.41) is 60.6. The normalized spacial score (nSPS) is 38.2. The molecular formula is C24H41IO13. The van der Waals surface area contributed by atoms with E-state index < -0.39 is 92.5 Å². The molecule has 13 unspecified atom stereocenters. The molecule has 13 nitrogen and oxygen atoms in total. The average molecular weight is 664 g/mol. The maximum Gasteiger partial charge on any atom is 0.309 e. The van der Waals surface area contributed by atoms with Gasteiger partial charge in [0.25, 0.3) is 0 Å². The van der Waals surface area contributed by atoms with Crippen molar-refractivity contribution in [3.05, 3.63) is 0 Å². The fraction of sp³-hybridized carbons (Fsp3) is 0.917. The number of aliphatic hydroxyl groups excluding tert-OH is 6. The molecule has 2 aliphatic heterocycles. The lowest BCUT2D eigenvalue weighted by atomic mass is 9.88. The van der Waals surface area contributed by atoms with Crippen LogP contribution in [-0.2, 0) is 33.3 Å². The Labute approximate surface area is 235 Å². The van der Waals surface area contributed by atoms with Gasteiger partial charge in [-0.2, -0.15) is 0 Å². The van der Waals surface area contributed by atoms with E-state index in [0.29, 0.717) is 12.3 Å². The third-order valence-electron chi connectivity index (χ3n) is 7.07. The molecule has 0 bridgehead atoms. The number of carbonyl (C=O) groups excluding carboxylic acids is 2. The summed E-state index contributed by atoms with van der Waals surface area (Å²) in [5.41, 5.74) is 0. The van der Waals surface area contributed by atoms with Crippen LogP contribution < -0.4 is 0 Å². The van der Waals surface area contributed by atoms with Crippen molar-refractivity contribution in [1.82, 2.24) is 0 Å². The Bertz CT molecular complexity index is 755. The summed E-state index contributed by atoms with van der Waals surface area (Å²) < 4.78 is 28.5. The average Bonchev–Trinajstić information content (AvgIpc) is 2.90. The molecule has 38 heavy (non-hydrogen) atoms. The topological polar surface area (TPSA) is 202 Å². The summed E-state index contributed by atoms with van der Waals surface area (Å²) >= 11 is 2.27. The van der Waals surface area contributed by atoms with E-state index in [1.54, 1.807) is 6.92 Å². The number of rotatable bonds is 12. The smallest absolute Gasteiger partial charge is 0.309 e. The summed E-state index contributed by atoms with van der Waals surface area (Å²) in [6, 6.07) is 0. The van der Waals surface area contributed by atoms with Crippen molar-refractivity contribution in [2.75, 3.05) is 17.6 Å². The largest absolute Gasteiger partial charge is 0.455 e. The van der Waals surface area contributed by atoms with Gasteiger partial charge >= 0.3 is 11.9 Å². The molecule has 0 spiro atoms. The first-order valence-electron chi connectivity index (χ1n) is 12.8. The van der Waals surface area contributed by atoms with Crippen molar-refractivity contribution >= 4 is 34.5 Å². The van der Waals surface area contributed by atoms with Crippen molar-refractivity contribution in [3.8, 4) is 0 Å². The molecule has 2 rings (SSSR count). The van der Waals surface area contributed by atoms with Gasteiger partial charge in [-0.1, -0.05) is 50.3 Å². The van der Waals surface area contributed by atoms with Crippen LogP contribution in [0, 0.1) is 17.8 Å². The number of hydrogen-bond acceptors (Lipinski definition) is 13. The maximum atomic E-state index is 13.0. The zero-order valence-corrected chi connectivity index (χ0v) is 24.1. The van der Waals surface area contributed by atoms with Gasteiger partial charge in [-0.25, -0.2) is 0 Å². The van der Waals surface area contributed by atoms with Crippen molar-refractivity contribution < 1.29 is 63.9 Å². The Morgan fingerprint density at radius 1 is 0.816 bits per heavy atom. The number of carbonyl (C=O) groups is 2. The van der Waals surface area contributed by atoms with Crippen LogP contribution >= 0.6 is 22.6 Å². The van der Waals surface area contributed by atoms with Gasteiger partial charge < -0.3 is 54.3 Å². The van der Waals surface area contributed by atoms with Crippen LogP contribution in [0.1, 0.15) is 40.5 Å². The van der Waals surface area contributed by atoms with Crippen LogP contribution in [0.3, 0.4) is 0 Å². The molecule has 0 saturated carbocycles. The highest BCUT2D eigenvalue weighted by Gasteiger charge is 2.53. The summed E-state index contributed by atoms with van der Waals surface area (Å²) in [7, 11) is 0. The van der Waals surface area contributed by atoms with E-state index >= 15 is 0 Å². The van der Waals surface area contributed by atoms with Gasteiger partial charge in [0.2, 0.25) is 6.29 Å². The molecule has 0 aromatic carbocycles. The van der Waals surface area contributed by atoms with Crippen LogP contribution in [-0.4, -0.2) is 122 Å². The fourth-order valence-corrected chi connectivity index (χ4v) is 5.11. The summed E-state index contributed by atoms with van der Waals surface area (Å²) in [6.07, 6.45) is -15.4. The molecule has 0 aliphatic carbocycles. The molecule has 0 aromatic heterocycles. The Hall–Kier alpha value is -0.690. The molecule has 2 heterocycles. The molecule has 13 atom stereocenters. The van der Waals surface area contributed by atoms with Crippen molar-refractivity contribution in [1.29, 1.82) is 0 Å². The monoisotopic (exact) mass is 664 g/mol. The second-order valence-electron chi connectivity index (χ2n) is 10.0. The minimum absolute atomic E-state index is 0.0778. The van der Waals surface area contributed by atoms with Crippen LogP contribution in [0.15, 0.2) is 0 Å². The number of esters is 2. The van der Waals surface area contributed by atoms with Crippen molar-refractivity contribution in [3.63, 3.8) is 0 Å². The molecule has 222 valence electrons. The van der Waals surface area contributed by atoms with Crippen LogP contribution in [0.2, 0.25) is 0 Å². The van der Waals surface area contributed by atoms with Crippen molar-refractivity contribution in [2.45, 2.75) is 102 Å². The lowest BCUT2D eigenvalue weighted by Crippen LogP contribution is -2.65. The quantitative estimate of drug-likeness (QED) is 0.0831. The highest BCUT2D eigenvalue weighted by molar-refractivity contribution is 14.1. The summed E-state index contributed by atoms with van der Waals surface area (Å²) in [5.74, 6) is -1.41. The van der Waals surface area contributed by atoms with E-state index in [1.165, 1.54) is 6.92 Å². The molecule has 14 heteroatoms. The first-order chi connectivity index (χ1) is 17.9. The van der Waals surface area contributed by atoms with Gasteiger partial charge in [-0.3, -0.25) is 9.59 Å². The maximum absolute atomic E-state index is 13.0. The molecule has 0 amide bonds. The van der Waals surface area contributed by atoms with Gasteiger partial charge in [0.1, 0.15) is 36.6 Å². The van der Waals surface area contributed by atoms with Gasteiger partial charge in [0.15, 0.2) is 18.5 Å². The standard InChI is InChI=1S/C24H41IO13/c1-5-15(28)36-21-20(37-22(33)11(3)6-10(2)12(4)7-25)17(30)14(9-27)35-24(21)38-23-19(32)18(31)16(29)13(8-26)34-23/h10-14,16-21,23-24,26-27,29-32H,5-9H2,1-4H3. The zero-order valence-electron chi connectivity index (χ0n) is 22.0. The fourth-order valence-electron chi connectivity index (χ4n) is 4.25. The number of ether oxygens (including phenoxy) is 5. The Balaban J connectivity index is 2.30.